The topological polar surface area (TPSA) is 87.6 Å². The Kier molecular flexibility index (Phi) is 9.99. The van der Waals surface area contributed by atoms with E-state index in [-0.39, 0.29) is 0 Å². The molecule has 1 fully saturated rings. The Bertz CT molecular complexity index is 439. The molecule has 138 valence electrons. The van der Waals surface area contributed by atoms with Crippen molar-refractivity contribution in [3.8, 4) is 0 Å². The molecule has 2 aliphatic heterocycles. The summed E-state index contributed by atoms with van der Waals surface area (Å²) in [7, 11) is -0.386. The van der Waals surface area contributed by atoms with Gasteiger partial charge >= 0.3 is 17.9 Å². The lowest BCUT2D eigenvalue weighted by atomic mass is 10.4. The minimum atomic E-state index is -2.25. The first kappa shape index (κ1) is 20.9. The van der Waals surface area contributed by atoms with Crippen molar-refractivity contribution in [2.45, 2.75) is 24.9 Å². The third-order valence-corrected chi connectivity index (χ3v) is 5.44. The van der Waals surface area contributed by atoms with Crippen LogP contribution in [-0.4, -0.2) is 101 Å². The highest BCUT2D eigenvalue weighted by Crippen LogP contribution is 2.05. The third-order valence-electron chi connectivity index (χ3n) is 3.88. The highest BCUT2D eigenvalue weighted by Gasteiger charge is 2.15. The summed E-state index contributed by atoms with van der Waals surface area (Å²) in [5, 5.41) is 0. The second kappa shape index (κ2) is 11.4. The molecule has 0 atom stereocenters. The van der Waals surface area contributed by atoms with E-state index in [1.807, 2.05) is 19.4 Å². The third kappa shape index (κ3) is 9.90. The molecule has 10 heteroatoms. The molecule has 2 rings (SSSR count). The Hall–Kier alpha value is -1.11. The van der Waals surface area contributed by atoms with Gasteiger partial charge in [0.25, 0.3) is 0 Å². The fourth-order valence-electron chi connectivity index (χ4n) is 2.60. The number of nitrogens with zero attached hydrogens (tertiary/aromatic N) is 4. The zero-order valence-corrected chi connectivity index (χ0v) is 16.7. The van der Waals surface area contributed by atoms with Crippen LogP contribution in [0.2, 0.25) is 12.1 Å². The summed E-state index contributed by atoms with van der Waals surface area (Å²) >= 11 is 0. The average Bonchev–Trinajstić information content (AvgIpc) is 3.08. The van der Waals surface area contributed by atoms with Gasteiger partial charge in [0.05, 0.1) is 13.3 Å². The fraction of sp³-hybridized carbons (Fsp3) is 0.857. The molecule has 0 bridgehead atoms. The molecule has 2 N–H and O–H groups in total. The first-order chi connectivity index (χ1) is 11.4. The van der Waals surface area contributed by atoms with Gasteiger partial charge in [-0.1, -0.05) is 0 Å². The van der Waals surface area contributed by atoms with Crippen LogP contribution in [0.4, 0.5) is 0 Å². The molecule has 0 unspecified atom stereocenters. The van der Waals surface area contributed by atoms with Gasteiger partial charge in [0, 0.05) is 51.2 Å². The van der Waals surface area contributed by atoms with Gasteiger partial charge in [-0.25, -0.2) is 0 Å². The molecule has 0 aromatic carbocycles. The number of rotatable bonds is 8. The predicted octanol–water partition coefficient (Wildman–Crippen LogP) is -0.544. The molecule has 2 heterocycles. The fourth-order valence-corrected chi connectivity index (χ4v) is 3.52. The summed E-state index contributed by atoms with van der Waals surface area (Å²) in [6, 6.07) is 0.920. The highest BCUT2D eigenvalue weighted by molar-refractivity contribution is 6.33. The van der Waals surface area contributed by atoms with Gasteiger partial charge in [0.2, 0.25) is 0 Å². The molecule has 8 nitrogen and oxygen atoms in total. The molecule has 0 amide bonds. The normalized spacial score (nSPS) is 17.9. The summed E-state index contributed by atoms with van der Waals surface area (Å²) in [6.45, 7) is 5.95. The minimum absolute atomic E-state index is 0.443. The molecule has 24 heavy (non-hydrogen) atoms. The van der Waals surface area contributed by atoms with E-state index < -0.39 is 17.9 Å². The van der Waals surface area contributed by atoms with E-state index in [2.05, 4.69) is 26.6 Å². The van der Waals surface area contributed by atoms with Crippen LogP contribution >= 0.6 is 0 Å². The van der Waals surface area contributed by atoms with Crippen LogP contribution in [0.3, 0.4) is 0 Å². The van der Waals surface area contributed by atoms with E-state index >= 15 is 0 Å². The van der Waals surface area contributed by atoms with E-state index in [0.29, 0.717) is 12.1 Å². The summed E-state index contributed by atoms with van der Waals surface area (Å²) in [5.74, 6) is 0. The Balaban J connectivity index is 0.000000240. The zero-order valence-electron chi connectivity index (χ0n) is 14.7. The van der Waals surface area contributed by atoms with Gasteiger partial charge in [0.15, 0.2) is 0 Å². The van der Waals surface area contributed by atoms with Crippen molar-refractivity contribution >= 4 is 17.9 Å². The second-order valence-corrected chi connectivity index (χ2v) is 8.92. The van der Waals surface area contributed by atoms with Crippen molar-refractivity contribution in [2.24, 2.45) is 0 Å². The average molecular weight is 375 g/mol. The molecular formula is C14H30N4O4Si2. The molecule has 0 radical (unpaired) electrons. The monoisotopic (exact) mass is 374 g/mol. The van der Waals surface area contributed by atoms with Crippen LogP contribution in [0.5, 0.6) is 0 Å². The van der Waals surface area contributed by atoms with Gasteiger partial charge in [-0.05, 0) is 26.4 Å². The summed E-state index contributed by atoms with van der Waals surface area (Å²) < 4.78 is 20.8. The van der Waals surface area contributed by atoms with Crippen molar-refractivity contribution in [1.82, 2.24) is 19.6 Å². The molecule has 0 aliphatic carbocycles. The largest absolute Gasteiger partial charge is 0.540 e. The minimum Gasteiger partial charge on any atom is -0.540 e. The van der Waals surface area contributed by atoms with E-state index in [1.165, 1.54) is 0 Å². The van der Waals surface area contributed by atoms with Crippen LogP contribution in [0.25, 0.3) is 0 Å². The van der Waals surface area contributed by atoms with Crippen molar-refractivity contribution in [3.05, 3.63) is 12.4 Å². The highest BCUT2D eigenvalue weighted by atomic mass is 28.3. The van der Waals surface area contributed by atoms with E-state index in [1.54, 1.807) is 0 Å². The van der Waals surface area contributed by atoms with Gasteiger partial charge in [0.1, 0.15) is 0 Å². The van der Waals surface area contributed by atoms with Crippen LogP contribution < -0.4 is 0 Å². The first-order valence-electron chi connectivity index (χ1n) is 8.34. The standard InChI is InChI=1S/C7H16N2O2Si.C7H14N2O2Si/c2*1-8-4-5-9(7-8)3-2-6-12(10)11/h10H,2-7H2,1H3;4-5,10H,2-3,6-7H2,1H3. The van der Waals surface area contributed by atoms with E-state index in [4.69, 9.17) is 9.59 Å². The zero-order chi connectivity index (χ0) is 17.9. The van der Waals surface area contributed by atoms with Gasteiger partial charge in [-0.15, -0.1) is 0 Å². The maximum Gasteiger partial charge on any atom is 0.500 e. The van der Waals surface area contributed by atoms with Crippen molar-refractivity contribution in [2.75, 3.05) is 53.6 Å². The lowest BCUT2D eigenvalue weighted by Crippen LogP contribution is -2.24. The van der Waals surface area contributed by atoms with Crippen LogP contribution in [0.15, 0.2) is 12.4 Å². The van der Waals surface area contributed by atoms with Gasteiger partial charge in [-0.3, -0.25) is 9.80 Å². The number of hydrogen-bond donors (Lipinski definition) is 2. The smallest absolute Gasteiger partial charge is 0.500 e. The maximum absolute atomic E-state index is 10.4. The second-order valence-electron chi connectivity index (χ2n) is 6.34. The Morgan fingerprint density at radius 2 is 1.54 bits per heavy atom. The maximum atomic E-state index is 10.4. The molecule has 0 spiro atoms. The summed E-state index contributed by atoms with van der Waals surface area (Å²) in [5.41, 5.74) is 0. The van der Waals surface area contributed by atoms with Gasteiger partial charge < -0.3 is 28.3 Å². The number of likely N-dealkylation sites (N-methyl/N-ethyl adjacent to an activating group) is 1. The first-order valence-corrected chi connectivity index (χ1v) is 11.5. The lowest BCUT2D eigenvalue weighted by Gasteiger charge is -2.16. The SMILES string of the molecule is CN1C=CN(CCC[Si](=O)O)C1.CN1CCN(CCC[Si](=O)O)C1. The Morgan fingerprint density at radius 1 is 0.917 bits per heavy atom. The van der Waals surface area contributed by atoms with Crippen molar-refractivity contribution in [1.29, 1.82) is 0 Å². The van der Waals surface area contributed by atoms with E-state index in [9.17, 15) is 8.92 Å². The molecule has 2 aliphatic rings. The summed E-state index contributed by atoms with van der Waals surface area (Å²) in [6.07, 6.45) is 5.66. The van der Waals surface area contributed by atoms with E-state index in [0.717, 1.165) is 52.4 Å². The lowest BCUT2D eigenvalue weighted by molar-refractivity contribution is 0.273. The molecule has 0 saturated carbocycles. The summed E-state index contributed by atoms with van der Waals surface area (Å²) in [4.78, 5) is 25.9. The quantitative estimate of drug-likeness (QED) is 0.548. The molecule has 0 aromatic rings. The van der Waals surface area contributed by atoms with Crippen LogP contribution in [0, 0.1) is 0 Å². The molecular weight excluding hydrogens is 344 g/mol. The van der Waals surface area contributed by atoms with Crippen LogP contribution in [-0.2, 0) is 8.92 Å². The van der Waals surface area contributed by atoms with Crippen molar-refractivity contribution < 1.29 is 18.5 Å². The Morgan fingerprint density at radius 3 is 2.00 bits per heavy atom. The van der Waals surface area contributed by atoms with Gasteiger partial charge in [-0.2, -0.15) is 0 Å². The predicted molar refractivity (Wildman–Crippen MR) is 93.7 cm³/mol. The van der Waals surface area contributed by atoms with Crippen LogP contribution in [0.1, 0.15) is 12.8 Å². The molecule has 1 saturated heterocycles. The Labute approximate surface area is 147 Å². The number of hydrogen-bond acceptors (Lipinski definition) is 6. The van der Waals surface area contributed by atoms with Crippen molar-refractivity contribution in [3.63, 3.8) is 0 Å². The molecule has 0 aromatic heterocycles.